The molecule has 0 aromatic heterocycles. The Morgan fingerprint density at radius 1 is 1.21 bits per heavy atom. The maximum absolute atomic E-state index is 12.5. The molecule has 0 saturated carbocycles. The number of hydrogen-bond acceptors (Lipinski definition) is 3. The highest BCUT2D eigenvalue weighted by Crippen LogP contribution is 2.32. The summed E-state index contributed by atoms with van der Waals surface area (Å²) in [7, 11) is 0. The number of alkyl halides is 3. The molecule has 1 aromatic carbocycles. The maximum atomic E-state index is 12.5. The SMILES string of the molecule is O=C(O)CCNc1cc(C(F)(F)F)ccc1C(=O)O. The number of carbonyl (C=O) groups is 2. The van der Waals surface area contributed by atoms with Gasteiger partial charge >= 0.3 is 18.1 Å². The first-order valence-corrected chi connectivity index (χ1v) is 5.12. The molecule has 1 rings (SSSR count). The Hall–Kier alpha value is -2.25. The smallest absolute Gasteiger partial charge is 0.416 e. The minimum Gasteiger partial charge on any atom is -0.481 e. The van der Waals surface area contributed by atoms with Gasteiger partial charge in [-0.1, -0.05) is 0 Å². The van der Waals surface area contributed by atoms with Crippen LogP contribution in [0.4, 0.5) is 18.9 Å². The van der Waals surface area contributed by atoms with Crippen molar-refractivity contribution in [3.05, 3.63) is 29.3 Å². The number of hydrogen-bond donors (Lipinski definition) is 3. The van der Waals surface area contributed by atoms with Crippen molar-refractivity contribution >= 4 is 17.6 Å². The topological polar surface area (TPSA) is 86.6 Å². The minimum atomic E-state index is -4.60. The number of anilines is 1. The Morgan fingerprint density at radius 3 is 2.32 bits per heavy atom. The molecule has 3 N–H and O–H groups in total. The molecule has 0 aliphatic heterocycles. The van der Waals surface area contributed by atoms with Crippen LogP contribution in [-0.2, 0) is 11.0 Å². The van der Waals surface area contributed by atoms with Crippen molar-refractivity contribution in [1.29, 1.82) is 0 Å². The predicted molar refractivity (Wildman–Crippen MR) is 59.1 cm³/mol. The van der Waals surface area contributed by atoms with Gasteiger partial charge in [-0.15, -0.1) is 0 Å². The molecule has 5 nitrogen and oxygen atoms in total. The van der Waals surface area contributed by atoms with E-state index in [0.29, 0.717) is 12.1 Å². The summed E-state index contributed by atoms with van der Waals surface area (Å²) in [5.41, 5.74) is -1.61. The number of halogens is 3. The number of nitrogens with one attached hydrogen (secondary N) is 1. The van der Waals surface area contributed by atoms with Gasteiger partial charge in [-0.2, -0.15) is 13.2 Å². The van der Waals surface area contributed by atoms with Crippen molar-refractivity contribution in [2.24, 2.45) is 0 Å². The first-order chi connectivity index (χ1) is 8.71. The molecule has 0 fully saturated rings. The number of benzene rings is 1. The van der Waals surface area contributed by atoms with Gasteiger partial charge in [-0.25, -0.2) is 4.79 Å². The molecule has 0 atom stereocenters. The Kier molecular flexibility index (Phi) is 4.36. The highest BCUT2D eigenvalue weighted by molar-refractivity contribution is 5.94. The van der Waals surface area contributed by atoms with Crippen LogP contribution in [0.2, 0.25) is 0 Å². The summed E-state index contributed by atoms with van der Waals surface area (Å²) in [5, 5.41) is 19.6. The molecule has 19 heavy (non-hydrogen) atoms. The van der Waals surface area contributed by atoms with Crippen molar-refractivity contribution in [1.82, 2.24) is 0 Å². The standard InChI is InChI=1S/C11H10F3NO4/c12-11(13,14)6-1-2-7(10(18)19)8(5-6)15-4-3-9(16)17/h1-2,5,15H,3-4H2,(H,16,17)(H,18,19). The first kappa shape index (κ1) is 14.8. The quantitative estimate of drug-likeness (QED) is 0.768. The summed E-state index contributed by atoms with van der Waals surface area (Å²) in [6.45, 7) is -0.170. The van der Waals surface area contributed by atoms with E-state index in [1.54, 1.807) is 0 Å². The number of aliphatic carboxylic acids is 1. The van der Waals surface area contributed by atoms with Crippen LogP contribution in [0.3, 0.4) is 0 Å². The molecular formula is C11H10F3NO4. The van der Waals surface area contributed by atoms with Crippen LogP contribution in [-0.4, -0.2) is 28.7 Å². The van der Waals surface area contributed by atoms with Gasteiger partial charge in [0, 0.05) is 12.2 Å². The average molecular weight is 277 g/mol. The Bertz CT molecular complexity index is 499. The van der Waals surface area contributed by atoms with Crippen molar-refractivity contribution in [2.45, 2.75) is 12.6 Å². The Balaban J connectivity index is 3.02. The van der Waals surface area contributed by atoms with E-state index < -0.39 is 23.7 Å². The van der Waals surface area contributed by atoms with Crippen molar-refractivity contribution in [3.63, 3.8) is 0 Å². The lowest BCUT2D eigenvalue weighted by molar-refractivity contribution is -0.138. The van der Waals surface area contributed by atoms with Crippen LogP contribution >= 0.6 is 0 Å². The van der Waals surface area contributed by atoms with Gasteiger partial charge in [-0.05, 0) is 18.2 Å². The molecule has 104 valence electrons. The molecule has 1 aromatic rings. The third-order valence-electron chi connectivity index (χ3n) is 2.23. The third kappa shape index (κ3) is 4.16. The second-order valence-electron chi connectivity index (χ2n) is 3.63. The van der Waals surface area contributed by atoms with Gasteiger partial charge in [-0.3, -0.25) is 4.79 Å². The molecule has 0 aliphatic rings. The number of rotatable bonds is 5. The Labute approximate surface area is 105 Å². The van der Waals surface area contributed by atoms with Crippen LogP contribution in [0.25, 0.3) is 0 Å². The summed E-state index contributed by atoms with van der Waals surface area (Å²) in [5.74, 6) is -2.54. The first-order valence-electron chi connectivity index (χ1n) is 5.12. The van der Waals surface area contributed by atoms with Gasteiger partial charge in [0.15, 0.2) is 0 Å². The highest BCUT2D eigenvalue weighted by atomic mass is 19.4. The fourth-order valence-electron chi connectivity index (χ4n) is 1.36. The van der Waals surface area contributed by atoms with E-state index >= 15 is 0 Å². The second kappa shape index (κ2) is 5.59. The molecule has 0 heterocycles. The molecule has 0 amide bonds. The molecular weight excluding hydrogens is 267 g/mol. The monoisotopic (exact) mass is 277 g/mol. The van der Waals surface area contributed by atoms with E-state index in [0.717, 1.165) is 6.07 Å². The number of carboxylic acids is 2. The fourth-order valence-corrected chi connectivity index (χ4v) is 1.36. The molecule has 8 heteroatoms. The normalized spacial score (nSPS) is 11.1. The molecule has 0 spiro atoms. The lowest BCUT2D eigenvalue weighted by atomic mass is 10.1. The molecule has 0 aliphatic carbocycles. The van der Waals surface area contributed by atoms with Crippen molar-refractivity contribution in [3.8, 4) is 0 Å². The Morgan fingerprint density at radius 2 is 1.84 bits per heavy atom. The molecule has 0 saturated heterocycles. The molecule has 0 radical (unpaired) electrons. The van der Waals surface area contributed by atoms with E-state index in [2.05, 4.69) is 5.32 Å². The van der Waals surface area contributed by atoms with Gasteiger partial charge in [0.05, 0.1) is 17.5 Å². The van der Waals surface area contributed by atoms with Gasteiger partial charge in [0.25, 0.3) is 0 Å². The maximum Gasteiger partial charge on any atom is 0.416 e. The van der Waals surface area contributed by atoms with E-state index in [1.807, 2.05) is 0 Å². The van der Waals surface area contributed by atoms with E-state index in [-0.39, 0.29) is 24.2 Å². The summed E-state index contributed by atoms with van der Waals surface area (Å²) >= 11 is 0. The van der Waals surface area contributed by atoms with Crippen LogP contribution in [0.1, 0.15) is 22.3 Å². The third-order valence-corrected chi connectivity index (χ3v) is 2.23. The highest BCUT2D eigenvalue weighted by Gasteiger charge is 2.31. The fraction of sp³-hybridized carbons (Fsp3) is 0.273. The summed E-state index contributed by atoms with van der Waals surface area (Å²) in [6, 6.07) is 2.13. The average Bonchev–Trinajstić information content (AvgIpc) is 2.26. The number of carboxylic acid groups (broad SMARTS) is 2. The zero-order valence-corrected chi connectivity index (χ0v) is 9.49. The van der Waals surface area contributed by atoms with Gasteiger partial charge in [0.2, 0.25) is 0 Å². The summed E-state index contributed by atoms with van der Waals surface area (Å²) in [6.07, 6.45) is -4.93. The van der Waals surface area contributed by atoms with E-state index in [9.17, 15) is 22.8 Å². The van der Waals surface area contributed by atoms with Crippen LogP contribution in [0, 0.1) is 0 Å². The lowest BCUT2D eigenvalue weighted by Gasteiger charge is -2.12. The predicted octanol–water partition coefficient (Wildman–Crippen LogP) is 2.29. The van der Waals surface area contributed by atoms with E-state index in [4.69, 9.17) is 10.2 Å². The number of aromatic carboxylic acids is 1. The van der Waals surface area contributed by atoms with Gasteiger partial charge < -0.3 is 15.5 Å². The summed E-state index contributed by atoms with van der Waals surface area (Å²) in [4.78, 5) is 21.1. The van der Waals surface area contributed by atoms with Crippen LogP contribution < -0.4 is 5.32 Å². The van der Waals surface area contributed by atoms with Crippen molar-refractivity contribution < 1.29 is 33.0 Å². The van der Waals surface area contributed by atoms with Crippen molar-refractivity contribution in [2.75, 3.05) is 11.9 Å². The van der Waals surface area contributed by atoms with E-state index in [1.165, 1.54) is 0 Å². The second-order valence-corrected chi connectivity index (χ2v) is 3.63. The largest absolute Gasteiger partial charge is 0.481 e. The molecule has 0 bridgehead atoms. The van der Waals surface area contributed by atoms with Gasteiger partial charge in [0.1, 0.15) is 0 Å². The zero-order chi connectivity index (χ0) is 14.6. The lowest BCUT2D eigenvalue weighted by Crippen LogP contribution is -2.13. The molecule has 0 unspecified atom stereocenters. The zero-order valence-electron chi connectivity index (χ0n) is 9.49. The summed E-state index contributed by atoms with van der Waals surface area (Å²) < 4.78 is 37.4. The van der Waals surface area contributed by atoms with Crippen LogP contribution in [0.5, 0.6) is 0 Å². The van der Waals surface area contributed by atoms with Crippen LogP contribution in [0.15, 0.2) is 18.2 Å². The minimum absolute atomic E-state index is 0.170.